The highest BCUT2D eigenvalue weighted by Crippen LogP contribution is 2.31. The van der Waals surface area contributed by atoms with Crippen LogP contribution in [0.4, 0.5) is 0 Å². The van der Waals surface area contributed by atoms with Gasteiger partial charge in [0.05, 0.1) is 31.0 Å². The molecule has 6 heteroatoms. The van der Waals surface area contributed by atoms with E-state index in [2.05, 4.69) is 34.2 Å². The predicted octanol–water partition coefficient (Wildman–Crippen LogP) is 4.58. The molecule has 0 saturated carbocycles. The fourth-order valence-corrected chi connectivity index (χ4v) is 4.00. The number of nitrogens with one attached hydrogen (secondary N) is 1. The average Bonchev–Trinajstić information content (AvgIpc) is 3.16. The van der Waals surface area contributed by atoms with Crippen LogP contribution in [-0.2, 0) is 6.54 Å². The molecule has 3 aromatic carbocycles. The molecule has 5 rings (SSSR count). The van der Waals surface area contributed by atoms with Crippen molar-refractivity contribution >= 4 is 16.9 Å². The van der Waals surface area contributed by atoms with Crippen molar-refractivity contribution < 1.29 is 14.3 Å². The Morgan fingerprint density at radius 3 is 2.81 bits per heavy atom. The van der Waals surface area contributed by atoms with Gasteiger partial charge >= 0.3 is 0 Å². The Hall–Kier alpha value is -3.80. The quantitative estimate of drug-likeness (QED) is 0.534. The fourth-order valence-electron chi connectivity index (χ4n) is 4.00. The lowest BCUT2D eigenvalue weighted by atomic mass is 10.0. The summed E-state index contributed by atoms with van der Waals surface area (Å²) in [7, 11) is 1.62. The minimum absolute atomic E-state index is 0.0287. The molecule has 0 saturated heterocycles. The molecule has 0 atom stereocenters. The topological polar surface area (TPSA) is 67.4 Å². The number of aromatic amines is 1. The smallest absolute Gasteiger partial charge is 0.254 e. The molecule has 0 spiro atoms. The summed E-state index contributed by atoms with van der Waals surface area (Å²) < 4.78 is 11.3. The first-order valence-electron chi connectivity index (χ1n) is 10.3. The normalized spacial score (nSPS) is 13.4. The molecule has 0 fully saturated rings. The number of hydrogen-bond donors (Lipinski definition) is 1. The van der Waals surface area contributed by atoms with Gasteiger partial charge in [0.25, 0.3) is 5.91 Å². The number of aryl methyl sites for hydroxylation is 1. The number of amides is 1. The van der Waals surface area contributed by atoms with Crippen molar-refractivity contribution in [3.05, 3.63) is 77.6 Å². The highest BCUT2D eigenvalue weighted by Gasteiger charge is 2.22. The van der Waals surface area contributed by atoms with Crippen LogP contribution >= 0.6 is 0 Å². The van der Waals surface area contributed by atoms with Gasteiger partial charge in [0.15, 0.2) is 0 Å². The summed E-state index contributed by atoms with van der Waals surface area (Å²) in [6.45, 7) is 3.44. The first-order chi connectivity index (χ1) is 15.1. The van der Waals surface area contributed by atoms with E-state index in [9.17, 15) is 4.79 Å². The Bertz CT molecular complexity index is 1280. The summed E-state index contributed by atoms with van der Waals surface area (Å²) in [6.07, 6.45) is 1.70. The summed E-state index contributed by atoms with van der Waals surface area (Å²) in [5, 5.41) is 0. The summed E-state index contributed by atoms with van der Waals surface area (Å²) in [6, 6.07) is 17.9. The van der Waals surface area contributed by atoms with Crippen LogP contribution in [-0.4, -0.2) is 41.0 Å². The number of benzene rings is 3. The van der Waals surface area contributed by atoms with Gasteiger partial charge in [-0.2, -0.15) is 0 Å². The number of fused-ring (bicyclic) bond motifs is 2. The van der Waals surface area contributed by atoms with Crippen molar-refractivity contribution in [2.24, 2.45) is 0 Å². The highest BCUT2D eigenvalue weighted by molar-refractivity contribution is 5.95. The number of hydrogen-bond acceptors (Lipinski definition) is 4. The van der Waals surface area contributed by atoms with E-state index in [1.165, 1.54) is 0 Å². The Labute approximate surface area is 180 Å². The van der Waals surface area contributed by atoms with Crippen molar-refractivity contribution in [3.8, 4) is 22.6 Å². The van der Waals surface area contributed by atoms with Crippen molar-refractivity contribution in [2.75, 3.05) is 20.3 Å². The van der Waals surface area contributed by atoms with Crippen LogP contribution in [0.3, 0.4) is 0 Å². The van der Waals surface area contributed by atoms with E-state index in [1.807, 2.05) is 36.1 Å². The third-order valence-corrected chi connectivity index (χ3v) is 5.74. The molecule has 0 radical (unpaired) electrons. The summed E-state index contributed by atoms with van der Waals surface area (Å²) in [5.41, 5.74) is 6.71. The number of H-pyrrole nitrogens is 1. The molecule has 2 heterocycles. The second-order valence-electron chi connectivity index (χ2n) is 7.72. The Balaban J connectivity index is 1.45. The van der Waals surface area contributed by atoms with Crippen LogP contribution in [0, 0.1) is 6.92 Å². The van der Waals surface area contributed by atoms with Crippen molar-refractivity contribution in [2.45, 2.75) is 13.5 Å². The summed E-state index contributed by atoms with van der Waals surface area (Å²) in [5.74, 6) is 1.51. The van der Waals surface area contributed by atoms with Crippen molar-refractivity contribution in [3.63, 3.8) is 0 Å². The number of rotatable bonds is 3. The van der Waals surface area contributed by atoms with Gasteiger partial charge in [-0.1, -0.05) is 18.2 Å². The average molecular weight is 413 g/mol. The second kappa shape index (κ2) is 7.80. The number of ether oxygens (including phenoxy) is 2. The van der Waals surface area contributed by atoms with Crippen LogP contribution in [0.1, 0.15) is 21.5 Å². The predicted molar refractivity (Wildman–Crippen MR) is 119 cm³/mol. The third kappa shape index (κ3) is 3.61. The Morgan fingerprint density at radius 2 is 1.94 bits per heavy atom. The molecule has 0 aliphatic carbocycles. The van der Waals surface area contributed by atoms with Crippen LogP contribution in [0.2, 0.25) is 0 Å². The molecule has 0 bridgehead atoms. The van der Waals surface area contributed by atoms with Crippen molar-refractivity contribution in [1.82, 2.24) is 14.9 Å². The van der Waals surface area contributed by atoms with Gasteiger partial charge in [-0.15, -0.1) is 0 Å². The number of aromatic nitrogens is 2. The highest BCUT2D eigenvalue weighted by atomic mass is 16.5. The molecule has 4 aromatic rings. The molecule has 1 aromatic heterocycles. The number of nitrogens with zero attached hydrogens (tertiary/aromatic N) is 2. The minimum atomic E-state index is -0.0287. The van der Waals surface area contributed by atoms with Gasteiger partial charge < -0.3 is 19.4 Å². The molecular weight excluding hydrogens is 390 g/mol. The van der Waals surface area contributed by atoms with Gasteiger partial charge in [0.1, 0.15) is 18.1 Å². The van der Waals surface area contributed by atoms with Gasteiger partial charge in [-0.25, -0.2) is 4.98 Å². The van der Waals surface area contributed by atoms with E-state index in [0.717, 1.165) is 39.0 Å². The largest absolute Gasteiger partial charge is 0.496 e. The first kappa shape index (κ1) is 19.2. The second-order valence-corrected chi connectivity index (χ2v) is 7.72. The van der Waals surface area contributed by atoms with Crippen LogP contribution in [0.15, 0.2) is 60.9 Å². The van der Waals surface area contributed by atoms with Gasteiger partial charge in [-0.3, -0.25) is 4.79 Å². The molecule has 1 aliphatic rings. The molecule has 156 valence electrons. The zero-order chi connectivity index (χ0) is 21.4. The van der Waals surface area contributed by atoms with E-state index in [4.69, 9.17) is 9.47 Å². The van der Waals surface area contributed by atoms with Crippen LogP contribution in [0.25, 0.3) is 22.2 Å². The van der Waals surface area contributed by atoms with E-state index in [-0.39, 0.29) is 5.91 Å². The standard InChI is InChI=1S/C25H23N3O3/c1-16-3-4-19(13-24(16)30-2)25(29)28-9-10-31-23-8-6-17(11-20(23)14-28)18-5-7-21-22(12-18)27-15-26-21/h3-8,11-13,15H,9-10,14H2,1-2H3,(H,26,27). The molecule has 1 N–H and O–H groups in total. The minimum Gasteiger partial charge on any atom is -0.496 e. The zero-order valence-corrected chi connectivity index (χ0v) is 17.5. The molecule has 6 nitrogen and oxygen atoms in total. The molecular formula is C25H23N3O3. The van der Waals surface area contributed by atoms with Gasteiger partial charge in [-0.05, 0) is 60.0 Å². The van der Waals surface area contributed by atoms with E-state index in [0.29, 0.717) is 31.0 Å². The Kier molecular flexibility index (Phi) is 4.82. The van der Waals surface area contributed by atoms with Gasteiger partial charge in [0, 0.05) is 17.7 Å². The van der Waals surface area contributed by atoms with Crippen LogP contribution in [0.5, 0.6) is 11.5 Å². The maximum Gasteiger partial charge on any atom is 0.254 e. The lowest BCUT2D eigenvalue weighted by Crippen LogP contribution is -2.32. The van der Waals surface area contributed by atoms with Gasteiger partial charge in [0.2, 0.25) is 0 Å². The van der Waals surface area contributed by atoms with Crippen molar-refractivity contribution in [1.29, 1.82) is 0 Å². The lowest BCUT2D eigenvalue weighted by Gasteiger charge is -2.20. The number of carbonyl (C=O) groups is 1. The maximum atomic E-state index is 13.2. The molecule has 1 aliphatic heterocycles. The number of methoxy groups -OCH3 is 1. The summed E-state index contributed by atoms with van der Waals surface area (Å²) in [4.78, 5) is 22.5. The lowest BCUT2D eigenvalue weighted by molar-refractivity contribution is 0.0733. The maximum absolute atomic E-state index is 13.2. The summed E-state index contributed by atoms with van der Waals surface area (Å²) >= 11 is 0. The fraction of sp³-hybridized carbons (Fsp3) is 0.200. The Morgan fingerprint density at radius 1 is 1.10 bits per heavy atom. The number of imidazole rings is 1. The van der Waals surface area contributed by atoms with E-state index in [1.54, 1.807) is 19.5 Å². The van der Waals surface area contributed by atoms with E-state index < -0.39 is 0 Å². The zero-order valence-electron chi connectivity index (χ0n) is 17.5. The SMILES string of the molecule is COc1cc(C(=O)N2CCOc3ccc(-c4ccc5nc[nH]c5c4)cc3C2)ccc1C. The third-order valence-electron chi connectivity index (χ3n) is 5.74. The molecule has 0 unspecified atom stereocenters. The van der Waals surface area contributed by atoms with E-state index >= 15 is 0 Å². The van der Waals surface area contributed by atoms with Crippen LogP contribution < -0.4 is 9.47 Å². The molecule has 31 heavy (non-hydrogen) atoms. The number of carbonyl (C=O) groups excluding carboxylic acids is 1. The first-order valence-corrected chi connectivity index (χ1v) is 10.3. The molecule has 1 amide bonds. The monoisotopic (exact) mass is 413 g/mol.